The number of halogens is 2. The quantitative estimate of drug-likeness (QED) is 0.188. The first-order valence-corrected chi connectivity index (χ1v) is 12.8. The molecule has 198 valence electrons. The van der Waals surface area contributed by atoms with Gasteiger partial charge < -0.3 is 19.3 Å². The van der Waals surface area contributed by atoms with E-state index in [0.717, 1.165) is 5.56 Å². The molecule has 3 aromatic rings. The second-order valence-corrected chi connectivity index (χ2v) is 9.37. The number of ketones is 1. The normalized spacial score (nSPS) is 16.6. The predicted octanol–water partition coefficient (Wildman–Crippen LogP) is 6.73. The summed E-state index contributed by atoms with van der Waals surface area (Å²) in [5.74, 6) is -0.854. The van der Waals surface area contributed by atoms with Gasteiger partial charge in [0.15, 0.2) is 17.2 Å². The molecule has 1 amide bonds. The van der Waals surface area contributed by atoms with Crippen LogP contribution in [0.2, 0.25) is 10.0 Å². The molecule has 1 saturated heterocycles. The molecule has 3 aromatic carbocycles. The van der Waals surface area contributed by atoms with Crippen LogP contribution >= 0.6 is 23.2 Å². The lowest BCUT2D eigenvalue weighted by molar-refractivity contribution is -0.132. The summed E-state index contributed by atoms with van der Waals surface area (Å²) in [6.07, 6.45) is 0. The first-order valence-electron chi connectivity index (χ1n) is 12.0. The lowest BCUT2D eigenvalue weighted by Crippen LogP contribution is -2.29. The summed E-state index contributed by atoms with van der Waals surface area (Å²) >= 11 is 12.6. The molecule has 38 heavy (non-hydrogen) atoms. The summed E-state index contributed by atoms with van der Waals surface area (Å²) in [4.78, 5) is 28.4. The number of anilines is 1. The lowest BCUT2D eigenvalue weighted by Gasteiger charge is -2.26. The Hall–Kier alpha value is -3.68. The van der Waals surface area contributed by atoms with Crippen molar-refractivity contribution in [3.63, 3.8) is 0 Å². The van der Waals surface area contributed by atoms with E-state index < -0.39 is 23.5 Å². The molecule has 1 aliphatic heterocycles. The van der Waals surface area contributed by atoms with Crippen LogP contribution in [0.5, 0.6) is 17.2 Å². The number of ether oxygens (including phenoxy) is 3. The fourth-order valence-electron chi connectivity index (χ4n) is 4.49. The molecule has 0 radical (unpaired) electrons. The van der Waals surface area contributed by atoms with Gasteiger partial charge in [0.1, 0.15) is 5.76 Å². The number of carbonyl (C=O) groups is 2. The molecular weight excluding hydrogens is 529 g/mol. The predicted molar refractivity (Wildman–Crippen MR) is 148 cm³/mol. The SMILES string of the molecule is CCOc1ccc(N2C(=O)C(=O)/C(=C(/O)c3cc(Cl)c(OC)c(Cl)c3)C2c2cccc(C)c2)cc1OCC. The van der Waals surface area contributed by atoms with E-state index in [2.05, 4.69) is 0 Å². The van der Waals surface area contributed by atoms with Crippen molar-refractivity contribution in [2.75, 3.05) is 25.2 Å². The van der Waals surface area contributed by atoms with Gasteiger partial charge in [-0.3, -0.25) is 14.5 Å². The third-order valence-electron chi connectivity index (χ3n) is 6.08. The number of nitrogens with zero attached hydrogens (tertiary/aromatic N) is 1. The summed E-state index contributed by atoms with van der Waals surface area (Å²) in [6.45, 7) is 6.41. The summed E-state index contributed by atoms with van der Waals surface area (Å²) in [6, 6.07) is 14.4. The minimum atomic E-state index is -0.929. The number of rotatable bonds is 8. The standard InChI is InChI=1S/C29H27Cl2NO6/c1-5-37-22-11-10-19(15-23(22)38-6-2)32-25(17-9-7-8-16(3)12-17)24(27(34)29(32)35)26(33)18-13-20(30)28(36-4)21(31)14-18/h7-15,25,33H,5-6H2,1-4H3/b26-24+. The number of aryl methyl sites for hydroxylation is 1. The highest BCUT2D eigenvalue weighted by Gasteiger charge is 2.47. The van der Waals surface area contributed by atoms with Crippen molar-refractivity contribution in [3.8, 4) is 17.2 Å². The van der Waals surface area contributed by atoms with Crippen LogP contribution in [0.3, 0.4) is 0 Å². The summed E-state index contributed by atoms with van der Waals surface area (Å²) in [7, 11) is 1.42. The number of hydrogen-bond donors (Lipinski definition) is 1. The van der Waals surface area contributed by atoms with Gasteiger partial charge in [0.2, 0.25) is 0 Å². The van der Waals surface area contributed by atoms with Crippen molar-refractivity contribution < 1.29 is 28.9 Å². The molecule has 0 bridgehead atoms. The number of aliphatic hydroxyl groups excluding tert-OH is 1. The third-order valence-corrected chi connectivity index (χ3v) is 6.64. The molecule has 1 aliphatic rings. The van der Waals surface area contributed by atoms with Gasteiger partial charge in [-0.25, -0.2) is 0 Å². The first-order chi connectivity index (χ1) is 18.2. The van der Waals surface area contributed by atoms with Crippen LogP contribution < -0.4 is 19.1 Å². The topological polar surface area (TPSA) is 85.3 Å². The maximum atomic E-state index is 13.5. The van der Waals surface area contributed by atoms with Crippen molar-refractivity contribution in [1.82, 2.24) is 0 Å². The van der Waals surface area contributed by atoms with E-state index in [4.69, 9.17) is 37.4 Å². The molecule has 0 aromatic heterocycles. The largest absolute Gasteiger partial charge is 0.507 e. The Bertz CT molecular complexity index is 1410. The van der Waals surface area contributed by atoms with E-state index in [9.17, 15) is 14.7 Å². The maximum absolute atomic E-state index is 13.5. The van der Waals surface area contributed by atoms with Gasteiger partial charge in [-0.2, -0.15) is 0 Å². The smallest absolute Gasteiger partial charge is 0.300 e. The third kappa shape index (κ3) is 5.04. The highest BCUT2D eigenvalue weighted by atomic mass is 35.5. The number of Topliss-reactive ketones (excluding diaryl/α,β-unsaturated/α-hetero) is 1. The van der Waals surface area contributed by atoms with Crippen molar-refractivity contribution in [3.05, 3.63) is 86.9 Å². The molecule has 1 fully saturated rings. The summed E-state index contributed by atoms with van der Waals surface area (Å²) in [5, 5.41) is 11.7. The minimum Gasteiger partial charge on any atom is -0.507 e. The van der Waals surface area contributed by atoms with Crippen LogP contribution in [-0.4, -0.2) is 37.1 Å². The molecule has 0 aliphatic carbocycles. The Labute approximate surface area is 231 Å². The monoisotopic (exact) mass is 555 g/mol. The van der Waals surface area contributed by atoms with Gasteiger partial charge >= 0.3 is 0 Å². The summed E-state index contributed by atoms with van der Waals surface area (Å²) in [5.41, 5.74) is 2.06. The van der Waals surface area contributed by atoms with E-state index in [-0.39, 0.29) is 26.9 Å². The Morgan fingerprint density at radius 3 is 2.21 bits per heavy atom. The molecule has 0 saturated carbocycles. The Balaban J connectivity index is 1.95. The van der Waals surface area contributed by atoms with Crippen molar-refractivity contribution in [2.45, 2.75) is 26.8 Å². The van der Waals surface area contributed by atoms with Crippen LogP contribution in [-0.2, 0) is 9.59 Å². The second kappa shape index (κ2) is 11.4. The van der Waals surface area contributed by atoms with Crippen LogP contribution in [0.15, 0.2) is 60.2 Å². The molecular formula is C29H27Cl2NO6. The molecule has 1 atom stereocenters. The zero-order valence-electron chi connectivity index (χ0n) is 21.4. The van der Waals surface area contributed by atoms with E-state index in [1.165, 1.54) is 24.1 Å². The minimum absolute atomic E-state index is 0.0928. The Morgan fingerprint density at radius 2 is 1.61 bits per heavy atom. The van der Waals surface area contributed by atoms with Gasteiger partial charge in [-0.15, -0.1) is 0 Å². The number of aliphatic hydroxyl groups is 1. The average Bonchev–Trinajstić information content (AvgIpc) is 3.15. The van der Waals surface area contributed by atoms with Gasteiger partial charge in [0, 0.05) is 17.3 Å². The zero-order valence-corrected chi connectivity index (χ0v) is 22.9. The van der Waals surface area contributed by atoms with Crippen LogP contribution in [0.25, 0.3) is 5.76 Å². The van der Waals surface area contributed by atoms with Crippen molar-refractivity contribution in [2.24, 2.45) is 0 Å². The molecule has 1 heterocycles. The molecule has 9 heteroatoms. The zero-order chi connectivity index (χ0) is 27.6. The maximum Gasteiger partial charge on any atom is 0.300 e. The van der Waals surface area contributed by atoms with Crippen molar-refractivity contribution >= 4 is 46.3 Å². The van der Waals surface area contributed by atoms with Crippen LogP contribution in [0, 0.1) is 6.92 Å². The van der Waals surface area contributed by atoms with E-state index in [1.807, 2.05) is 39.0 Å². The Kier molecular flexibility index (Phi) is 8.19. The fraction of sp³-hybridized carbons (Fsp3) is 0.241. The fourth-order valence-corrected chi connectivity index (χ4v) is 5.13. The number of hydrogen-bond acceptors (Lipinski definition) is 6. The van der Waals surface area contributed by atoms with Gasteiger partial charge in [0.05, 0.1) is 42.0 Å². The number of carbonyl (C=O) groups excluding carboxylic acids is 2. The van der Waals surface area contributed by atoms with Crippen LogP contribution in [0.1, 0.15) is 36.6 Å². The average molecular weight is 556 g/mol. The highest BCUT2D eigenvalue weighted by molar-refractivity contribution is 6.51. The molecule has 7 nitrogen and oxygen atoms in total. The lowest BCUT2D eigenvalue weighted by atomic mass is 9.94. The number of amides is 1. The van der Waals surface area contributed by atoms with Crippen LogP contribution in [0.4, 0.5) is 5.69 Å². The molecule has 1 N–H and O–H groups in total. The number of benzene rings is 3. The van der Waals surface area contributed by atoms with E-state index in [0.29, 0.717) is 36.0 Å². The van der Waals surface area contributed by atoms with E-state index in [1.54, 1.807) is 24.3 Å². The second-order valence-electron chi connectivity index (χ2n) is 8.55. The highest BCUT2D eigenvalue weighted by Crippen LogP contribution is 2.45. The molecule has 4 rings (SSSR count). The van der Waals surface area contributed by atoms with Gasteiger partial charge in [-0.1, -0.05) is 53.0 Å². The summed E-state index contributed by atoms with van der Waals surface area (Å²) < 4.78 is 16.6. The van der Waals surface area contributed by atoms with Crippen molar-refractivity contribution in [1.29, 1.82) is 0 Å². The van der Waals surface area contributed by atoms with Gasteiger partial charge in [-0.05, 0) is 50.6 Å². The van der Waals surface area contributed by atoms with Gasteiger partial charge in [0.25, 0.3) is 11.7 Å². The molecule has 0 spiro atoms. The first kappa shape index (κ1) is 27.4. The number of methoxy groups -OCH3 is 1. The van der Waals surface area contributed by atoms with E-state index >= 15 is 0 Å². The molecule has 1 unspecified atom stereocenters. The Morgan fingerprint density at radius 1 is 0.947 bits per heavy atom.